The van der Waals surface area contributed by atoms with Gasteiger partial charge in [-0.3, -0.25) is 4.79 Å². The van der Waals surface area contributed by atoms with E-state index in [1.807, 2.05) is 18.2 Å². The maximum absolute atomic E-state index is 12.2. The van der Waals surface area contributed by atoms with E-state index in [0.29, 0.717) is 12.5 Å². The van der Waals surface area contributed by atoms with Gasteiger partial charge < -0.3 is 10.6 Å². The van der Waals surface area contributed by atoms with Crippen LogP contribution in [0.5, 0.6) is 0 Å². The van der Waals surface area contributed by atoms with Crippen molar-refractivity contribution in [3.05, 3.63) is 35.9 Å². The number of carbonyl (C=O) groups is 1. The molecule has 2 N–H and O–H groups in total. The van der Waals surface area contributed by atoms with Gasteiger partial charge in [-0.15, -0.1) is 0 Å². The van der Waals surface area contributed by atoms with Gasteiger partial charge in [0.15, 0.2) is 0 Å². The Bertz CT molecular complexity index is 419. The van der Waals surface area contributed by atoms with Crippen LogP contribution in [0.3, 0.4) is 0 Å². The van der Waals surface area contributed by atoms with Crippen LogP contribution in [0.4, 0.5) is 0 Å². The van der Waals surface area contributed by atoms with E-state index in [1.54, 1.807) is 0 Å². The van der Waals surface area contributed by atoms with Crippen LogP contribution < -0.4 is 10.6 Å². The Morgan fingerprint density at radius 1 is 1.10 bits per heavy atom. The molecule has 0 radical (unpaired) electrons. The highest BCUT2D eigenvalue weighted by Crippen LogP contribution is 2.27. The minimum Gasteiger partial charge on any atom is -0.348 e. The lowest BCUT2D eigenvalue weighted by Crippen LogP contribution is -2.45. The van der Waals surface area contributed by atoms with Crippen LogP contribution in [-0.2, 0) is 4.79 Å². The summed E-state index contributed by atoms with van der Waals surface area (Å²) in [5.41, 5.74) is 1.14. The molecule has 0 aliphatic carbocycles. The topological polar surface area (TPSA) is 41.1 Å². The van der Waals surface area contributed by atoms with Gasteiger partial charge in [0.25, 0.3) is 0 Å². The van der Waals surface area contributed by atoms with E-state index in [4.69, 9.17) is 0 Å². The molecule has 0 aliphatic rings. The maximum Gasteiger partial charge on any atom is 0.234 e. The van der Waals surface area contributed by atoms with Gasteiger partial charge in [-0.05, 0) is 32.3 Å². The van der Waals surface area contributed by atoms with E-state index in [2.05, 4.69) is 57.4 Å². The lowest BCUT2D eigenvalue weighted by Gasteiger charge is -2.28. The van der Waals surface area contributed by atoms with Crippen molar-refractivity contribution in [2.24, 2.45) is 5.92 Å². The summed E-state index contributed by atoms with van der Waals surface area (Å²) >= 11 is 0. The zero-order valence-corrected chi connectivity index (χ0v) is 14.1. The largest absolute Gasteiger partial charge is 0.348 e. The van der Waals surface area contributed by atoms with Crippen molar-refractivity contribution in [2.75, 3.05) is 6.54 Å². The number of nitrogens with one attached hydrogen (secondary N) is 2. The molecule has 0 fully saturated rings. The van der Waals surface area contributed by atoms with E-state index in [-0.39, 0.29) is 17.5 Å². The molecule has 21 heavy (non-hydrogen) atoms. The Balaban J connectivity index is 2.76. The van der Waals surface area contributed by atoms with Crippen LogP contribution in [0.15, 0.2) is 30.3 Å². The summed E-state index contributed by atoms with van der Waals surface area (Å²) in [6.07, 6.45) is 2.12. The van der Waals surface area contributed by atoms with Gasteiger partial charge >= 0.3 is 0 Å². The first kappa shape index (κ1) is 17.7. The number of hydrogen-bond donors (Lipinski definition) is 2. The van der Waals surface area contributed by atoms with Crippen LogP contribution in [-0.4, -0.2) is 18.0 Å². The van der Waals surface area contributed by atoms with Crippen molar-refractivity contribution in [3.63, 3.8) is 0 Å². The molecule has 1 amide bonds. The van der Waals surface area contributed by atoms with Crippen molar-refractivity contribution >= 4 is 5.91 Å². The molecule has 1 aromatic rings. The first-order chi connectivity index (χ1) is 9.87. The van der Waals surface area contributed by atoms with E-state index in [1.165, 1.54) is 5.56 Å². The van der Waals surface area contributed by atoms with E-state index >= 15 is 0 Å². The van der Waals surface area contributed by atoms with Gasteiger partial charge in [-0.2, -0.15) is 0 Å². The normalized spacial score (nSPS) is 13.2. The highest BCUT2D eigenvalue weighted by molar-refractivity contribution is 5.78. The summed E-state index contributed by atoms with van der Waals surface area (Å²) in [4.78, 5) is 12.2. The molecule has 0 saturated heterocycles. The van der Waals surface area contributed by atoms with Gasteiger partial charge in [0, 0.05) is 5.54 Å². The number of benzene rings is 1. The van der Waals surface area contributed by atoms with Gasteiger partial charge in [0.05, 0.1) is 12.6 Å². The quantitative estimate of drug-likeness (QED) is 0.804. The zero-order chi connectivity index (χ0) is 15.9. The molecule has 1 aromatic carbocycles. The highest BCUT2D eigenvalue weighted by Gasteiger charge is 2.22. The fraction of sp³-hybridized carbons (Fsp3) is 0.611. The molecule has 3 nitrogen and oxygen atoms in total. The van der Waals surface area contributed by atoms with Crippen LogP contribution >= 0.6 is 0 Å². The summed E-state index contributed by atoms with van der Waals surface area (Å²) in [6, 6.07) is 10.4. The lowest BCUT2D eigenvalue weighted by molar-refractivity contribution is -0.121. The summed E-state index contributed by atoms with van der Waals surface area (Å²) in [6.45, 7) is 10.9. The average Bonchev–Trinajstić information content (AvgIpc) is 2.45. The molecular weight excluding hydrogens is 260 g/mol. The maximum atomic E-state index is 12.2. The third-order valence-electron chi connectivity index (χ3n) is 3.77. The Morgan fingerprint density at radius 2 is 1.67 bits per heavy atom. The number of hydrogen-bond acceptors (Lipinski definition) is 2. The molecular formula is C18H30N2O. The van der Waals surface area contributed by atoms with Crippen molar-refractivity contribution in [1.82, 2.24) is 10.6 Å². The van der Waals surface area contributed by atoms with E-state index in [0.717, 1.165) is 12.8 Å². The zero-order valence-electron chi connectivity index (χ0n) is 14.1. The fourth-order valence-corrected chi connectivity index (χ4v) is 2.46. The van der Waals surface area contributed by atoms with Crippen LogP contribution in [0.1, 0.15) is 59.1 Å². The molecule has 0 bridgehead atoms. The molecule has 0 spiro atoms. The smallest absolute Gasteiger partial charge is 0.234 e. The minimum absolute atomic E-state index is 0.0471. The van der Waals surface area contributed by atoms with Crippen molar-refractivity contribution < 1.29 is 4.79 Å². The second-order valence-corrected chi connectivity index (χ2v) is 6.64. The van der Waals surface area contributed by atoms with Crippen molar-refractivity contribution in [3.8, 4) is 0 Å². The van der Waals surface area contributed by atoms with Gasteiger partial charge in [-0.1, -0.05) is 57.0 Å². The third-order valence-corrected chi connectivity index (χ3v) is 3.77. The van der Waals surface area contributed by atoms with Crippen LogP contribution in [0, 0.1) is 5.92 Å². The Labute approximate surface area is 129 Å². The molecule has 0 saturated carbocycles. The lowest BCUT2D eigenvalue weighted by atomic mass is 9.89. The first-order valence-corrected chi connectivity index (χ1v) is 7.96. The van der Waals surface area contributed by atoms with E-state index < -0.39 is 0 Å². The minimum atomic E-state index is -0.0471. The molecule has 118 valence electrons. The molecule has 1 atom stereocenters. The molecule has 3 heteroatoms. The van der Waals surface area contributed by atoms with Crippen molar-refractivity contribution in [1.29, 1.82) is 0 Å². The monoisotopic (exact) mass is 290 g/mol. The Hall–Kier alpha value is -1.35. The van der Waals surface area contributed by atoms with Crippen molar-refractivity contribution in [2.45, 2.75) is 59.0 Å². The first-order valence-electron chi connectivity index (χ1n) is 7.96. The van der Waals surface area contributed by atoms with Gasteiger partial charge in [0.1, 0.15) is 0 Å². The highest BCUT2D eigenvalue weighted by atomic mass is 16.2. The average molecular weight is 290 g/mol. The van der Waals surface area contributed by atoms with Gasteiger partial charge in [0.2, 0.25) is 5.91 Å². The predicted octanol–water partition coefficient (Wildman–Crippen LogP) is 3.67. The second kappa shape index (κ2) is 8.18. The van der Waals surface area contributed by atoms with Crippen LogP contribution in [0.2, 0.25) is 0 Å². The number of rotatable bonds is 7. The summed E-state index contributed by atoms with van der Waals surface area (Å²) < 4.78 is 0. The summed E-state index contributed by atoms with van der Waals surface area (Å²) in [5, 5.41) is 6.45. The molecule has 1 rings (SSSR count). The van der Waals surface area contributed by atoms with Gasteiger partial charge in [-0.25, -0.2) is 0 Å². The number of carbonyl (C=O) groups excluding carboxylic acids is 1. The summed E-state index contributed by atoms with van der Waals surface area (Å²) in [5.74, 6) is 0.525. The molecule has 0 heterocycles. The van der Waals surface area contributed by atoms with Crippen LogP contribution in [0.25, 0.3) is 0 Å². The summed E-state index contributed by atoms with van der Waals surface area (Å²) in [7, 11) is 0. The van der Waals surface area contributed by atoms with E-state index in [9.17, 15) is 4.79 Å². The SMILES string of the molecule is CCC(CC)C(NC(=O)CNC(C)(C)C)c1ccccc1. The third kappa shape index (κ3) is 6.30. The molecule has 0 aromatic heterocycles. The molecule has 0 aliphatic heterocycles. The standard InChI is InChI=1S/C18H30N2O/c1-6-14(7-2)17(15-11-9-8-10-12-15)20-16(21)13-19-18(3,4)5/h8-12,14,17,19H,6-7,13H2,1-5H3,(H,20,21). The fourth-order valence-electron chi connectivity index (χ4n) is 2.46. The number of amides is 1. The predicted molar refractivity (Wildman–Crippen MR) is 89.2 cm³/mol. The second-order valence-electron chi connectivity index (χ2n) is 6.64. The Kier molecular flexibility index (Phi) is 6.90. The molecule has 1 unspecified atom stereocenters. The Morgan fingerprint density at radius 3 is 2.14 bits per heavy atom.